The topological polar surface area (TPSA) is 73.1 Å². The Kier molecular flexibility index (Phi) is 3.53. The number of nitrogens with two attached hydrogens (primary N) is 1. The first-order valence-corrected chi connectivity index (χ1v) is 5.67. The number of nitrogens with one attached hydrogen (secondary N) is 1. The van der Waals surface area contributed by atoms with Crippen molar-refractivity contribution in [3.05, 3.63) is 29.4 Å². The Hall–Kier alpha value is -2.01. The van der Waals surface area contributed by atoms with Gasteiger partial charge in [0.1, 0.15) is 5.75 Å². The Morgan fingerprint density at radius 3 is 2.83 bits per heavy atom. The van der Waals surface area contributed by atoms with Gasteiger partial charge in [0.25, 0.3) is 0 Å². The van der Waals surface area contributed by atoms with Crippen molar-refractivity contribution in [2.24, 2.45) is 0 Å². The molecule has 1 aromatic heterocycles. The molecule has 94 valence electrons. The minimum Gasteiger partial charge on any atom is -0.495 e. The number of benzene rings is 1. The van der Waals surface area contributed by atoms with Crippen LogP contribution in [0.25, 0.3) is 11.3 Å². The third-order valence-corrected chi connectivity index (χ3v) is 2.78. The molecular formula is C12H13ClN4O. The lowest BCUT2D eigenvalue weighted by molar-refractivity contribution is 0.416. The molecule has 0 saturated heterocycles. The third kappa shape index (κ3) is 2.31. The summed E-state index contributed by atoms with van der Waals surface area (Å²) in [7, 11) is 3.43. The zero-order valence-corrected chi connectivity index (χ0v) is 10.8. The van der Waals surface area contributed by atoms with Crippen LogP contribution in [0.4, 0.5) is 11.6 Å². The van der Waals surface area contributed by atoms with E-state index < -0.39 is 0 Å². The van der Waals surface area contributed by atoms with Crippen molar-refractivity contribution < 1.29 is 4.74 Å². The highest BCUT2D eigenvalue weighted by atomic mass is 35.5. The first-order chi connectivity index (χ1) is 8.65. The van der Waals surface area contributed by atoms with Crippen molar-refractivity contribution >= 4 is 23.2 Å². The molecule has 0 fully saturated rings. The lowest BCUT2D eigenvalue weighted by Gasteiger charge is -2.10. The fourth-order valence-electron chi connectivity index (χ4n) is 1.63. The molecular weight excluding hydrogens is 252 g/mol. The summed E-state index contributed by atoms with van der Waals surface area (Å²) in [6, 6.07) is 5.61. The van der Waals surface area contributed by atoms with Gasteiger partial charge in [-0.1, -0.05) is 11.6 Å². The molecule has 0 atom stereocenters. The van der Waals surface area contributed by atoms with Crippen LogP contribution in [0.15, 0.2) is 24.4 Å². The van der Waals surface area contributed by atoms with Gasteiger partial charge in [0.2, 0.25) is 5.95 Å². The molecule has 3 N–H and O–H groups in total. The second kappa shape index (κ2) is 5.10. The number of halogens is 1. The predicted octanol–water partition coefficient (Wildman–Crippen LogP) is 2.43. The van der Waals surface area contributed by atoms with Gasteiger partial charge >= 0.3 is 0 Å². The molecule has 0 spiro atoms. The smallest absolute Gasteiger partial charge is 0.220 e. The normalized spacial score (nSPS) is 10.2. The number of nitrogen functional groups attached to an aromatic ring is 1. The zero-order chi connectivity index (χ0) is 13.1. The predicted molar refractivity (Wildman–Crippen MR) is 73.0 cm³/mol. The molecule has 0 unspecified atom stereocenters. The average molecular weight is 265 g/mol. The van der Waals surface area contributed by atoms with Gasteiger partial charge in [-0.05, 0) is 18.2 Å². The lowest BCUT2D eigenvalue weighted by Crippen LogP contribution is -1.98. The average Bonchev–Trinajstić information content (AvgIpc) is 2.40. The maximum Gasteiger partial charge on any atom is 0.220 e. The molecule has 0 amide bonds. The van der Waals surface area contributed by atoms with Crippen LogP contribution in [0, 0.1) is 0 Å². The summed E-state index contributed by atoms with van der Waals surface area (Å²) < 4.78 is 5.23. The van der Waals surface area contributed by atoms with E-state index >= 15 is 0 Å². The SMILES string of the molecule is CNc1cc(-c2nc(N)ncc2Cl)ccc1OC. The van der Waals surface area contributed by atoms with E-state index in [4.69, 9.17) is 22.1 Å². The minimum atomic E-state index is 0.191. The maximum absolute atomic E-state index is 6.07. The summed E-state index contributed by atoms with van der Waals surface area (Å²) in [5.74, 6) is 0.940. The lowest BCUT2D eigenvalue weighted by atomic mass is 10.1. The van der Waals surface area contributed by atoms with Crippen molar-refractivity contribution in [1.82, 2.24) is 9.97 Å². The van der Waals surface area contributed by atoms with E-state index in [2.05, 4.69) is 15.3 Å². The van der Waals surface area contributed by atoms with Crippen LogP contribution in [-0.2, 0) is 0 Å². The van der Waals surface area contributed by atoms with Crippen LogP contribution in [0.3, 0.4) is 0 Å². The Morgan fingerprint density at radius 1 is 1.39 bits per heavy atom. The van der Waals surface area contributed by atoms with E-state index in [-0.39, 0.29) is 5.95 Å². The Bertz CT molecular complexity index is 574. The molecule has 6 heteroatoms. The van der Waals surface area contributed by atoms with Gasteiger partial charge < -0.3 is 15.8 Å². The molecule has 0 radical (unpaired) electrons. The molecule has 5 nitrogen and oxygen atoms in total. The van der Waals surface area contributed by atoms with Crippen molar-refractivity contribution in [2.75, 3.05) is 25.2 Å². The Morgan fingerprint density at radius 2 is 2.17 bits per heavy atom. The highest BCUT2D eigenvalue weighted by Crippen LogP contribution is 2.32. The minimum absolute atomic E-state index is 0.191. The first kappa shape index (κ1) is 12.4. The van der Waals surface area contributed by atoms with Gasteiger partial charge in [0, 0.05) is 12.6 Å². The van der Waals surface area contributed by atoms with Crippen LogP contribution in [-0.4, -0.2) is 24.1 Å². The Balaban J connectivity index is 2.54. The molecule has 0 aliphatic carbocycles. The van der Waals surface area contributed by atoms with Gasteiger partial charge in [-0.15, -0.1) is 0 Å². The molecule has 0 bridgehead atoms. The number of methoxy groups -OCH3 is 1. The zero-order valence-electron chi connectivity index (χ0n) is 10.1. The standard InChI is InChI=1S/C12H13ClN4O/c1-15-9-5-7(3-4-10(9)18-2)11-8(13)6-16-12(14)17-11/h3-6,15H,1-2H3,(H2,14,16,17). The second-order valence-corrected chi connectivity index (χ2v) is 4.00. The molecule has 18 heavy (non-hydrogen) atoms. The monoisotopic (exact) mass is 264 g/mol. The van der Waals surface area contributed by atoms with E-state index in [1.54, 1.807) is 7.11 Å². The van der Waals surface area contributed by atoms with Crippen LogP contribution in [0.2, 0.25) is 5.02 Å². The molecule has 0 aliphatic heterocycles. The number of hydrogen-bond donors (Lipinski definition) is 2. The fourth-order valence-corrected chi connectivity index (χ4v) is 1.83. The summed E-state index contributed by atoms with van der Waals surface area (Å²) in [4.78, 5) is 7.98. The van der Waals surface area contributed by atoms with E-state index in [1.165, 1.54) is 6.20 Å². The number of ether oxygens (including phenoxy) is 1. The van der Waals surface area contributed by atoms with Gasteiger partial charge in [-0.25, -0.2) is 9.97 Å². The summed E-state index contributed by atoms with van der Waals surface area (Å²) in [5.41, 5.74) is 7.87. The van der Waals surface area contributed by atoms with E-state index in [0.29, 0.717) is 10.7 Å². The van der Waals surface area contributed by atoms with Gasteiger partial charge in [-0.2, -0.15) is 0 Å². The second-order valence-electron chi connectivity index (χ2n) is 3.59. The molecule has 0 aliphatic rings. The highest BCUT2D eigenvalue weighted by Gasteiger charge is 2.10. The fraction of sp³-hybridized carbons (Fsp3) is 0.167. The van der Waals surface area contributed by atoms with E-state index in [0.717, 1.165) is 17.0 Å². The third-order valence-electron chi connectivity index (χ3n) is 2.50. The quantitative estimate of drug-likeness (QED) is 0.891. The Labute approximate surface area is 110 Å². The van der Waals surface area contributed by atoms with Crippen LogP contribution in [0.5, 0.6) is 5.75 Å². The van der Waals surface area contributed by atoms with Crippen molar-refractivity contribution in [3.63, 3.8) is 0 Å². The maximum atomic E-state index is 6.07. The van der Waals surface area contributed by atoms with Gasteiger partial charge in [-0.3, -0.25) is 0 Å². The summed E-state index contributed by atoms with van der Waals surface area (Å²) >= 11 is 6.07. The molecule has 0 saturated carbocycles. The number of aromatic nitrogens is 2. The molecule has 2 aromatic rings. The van der Waals surface area contributed by atoms with Crippen LogP contribution in [0.1, 0.15) is 0 Å². The van der Waals surface area contributed by atoms with Crippen LogP contribution >= 0.6 is 11.6 Å². The van der Waals surface area contributed by atoms with Gasteiger partial charge in [0.15, 0.2) is 0 Å². The van der Waals surface area contributed by atoms with Crippen LogP contribution < -0.4 is 15.8 Å². The van der Waals surface area contributed by atoms with Gasteiger partial charge in [0.05, 0.1) is 29.7 Å². The molecule has 2 rings (SSSR count). The number of anilines is 2. The molecule has 1 aromatic carbocycles. The number of rotatable bonds is 3. The first-order valence-electron chi connectivity index (χ1n) is 5.30. The highest BCUT2D eigenvalue weighted by molar-refractivity contribution is 6.32. The van der Waals surface area contributed by atoms with E-state index in [1.807, 2.05) is 25.2 Å². The van der Waals surface area contributed by atoms with Crippen molar-refractivity contribution in [2.45, 2.75) is 0 Å². The summed E-state index contributed by atoms with van der Waals surface area (Å²) in [5, 5.41) is 3.50. The summed E-state index contributed by atoms with van der Waals surface area (Å²) in [6.07, 6.45) is 1.49. The van der Waals surface area contributed by atoms with E-state index in [9.17, 15) is 0 Å². The summed E-state index contributed by atoms with van der Waals surface area (Å²) in [6.45, 7) is 0. The largest absolute Gasteiger partial charge is 0.495 e. The number of nitrogens with zero attached hydrogens (tertiary/aromatic N) is 2. The number of hydrogen-bond acceptors (Lipinski definition) is 5. The molecule has 1 heterocycles. The van der Waals surface area contributed by atoms with Crippen molar-refractivity contribution in [1.29, 1.82) is 0 Å². The van der Waals surface area contributed by atoms with Crippen molar-refractivity contribution in [3.8, 4) is 17.0 Å².